The van der Waals surface area contributed by atoms with E-state index in [1.807, 2.05) is 13.8 Å². The summed E-state index contributed by atoms with van der Waals surface area (Å²) in [5.74, 6) is -8.05. The molecule has 0 bridgehead atoms. The van der Waals surface area contributed by atoms with Crippen LogP contribution in [-0.4, -0.2) is 45.3 Å². The Morgan fingerprint density at radius 1 is 1.11 bits per heavy atom. The van der Waals surface area contributed by atoms with Gasteiger partial charge in [-0.15, -0.1) is 0 Å². The fourth-order valence-corrected chi connectivity index (χ4v) is 4.67. The molecule has 1 fully saturated rings. The van der Waals surface area contributed by atoms with Gasteiger partial charge >= 0.3 is 0 Å². The zero-order valence-electron chi connectivity index (χ0n) is 19.6. The van der Waals surface area contributed by atoms with E-state index in [9.17, 15) is 37.1 Å². The zero-order chi connectivity index (χ0) is 26.1. The molecule has 2 aliphatic rings. The highest BCUT2D eigenvalue weighted by Gasteiger charge is 2.57. The number of Topliss-reactive ketones (excluding diaryl/α,β-unsaturated/α-hetero) is 1. The number of rotatable bonds is 6. The first-order chi connectivity index (χ1) is 16.5. The van der Waals surface area contributed by atoms with Crippen LogP contribution < -0.4 is 10.6 Å². The topological polar surface area (TPSA) is 100 Å². The standard InChI is InChI=1S/C22H21F4N3O4.C2H6/c1-11-16(18(31)20(33)28-21(10-30)8-22(25,26)9-21)15-3-2-6-29(15)17(11)19(32)27-12-4-5-13(23)14(24)7-12;1-2/h4-5,7,30H,2-3,6,8-10H2,1H3,(H,27,32)(H,28,33);1-2H3. The zero-order valence-corrected chi connectivity index (χ0v) is 19.6. The number of fused-ring (bicyclic) bond motifs is 1. The van der Waals surface area contributed by atoms with Gasteiger partial charge in [0.2, 0.25) is 0 Å². The molecule has 7 nitrogen and oxygen atoms in total. The average molecular weight is 497 g/mol. The molecule has 1 aromatic carbocycles. The molecular weight excluding hydrogens is 470 g/mol. The summed E-state index contributed by atoms with van der Waals surface area (Å²) in [7, 11) is 0. The summed E-state index contributed by atoms with van der Waals surface area (Å²) in [5.41, 5.74) is -0.801. The van der Waals surface area contributed by atoms with Gasteiger partial charge in [0.15, 0.2) is 11.6 Å². The van der Waals surface area contributed by atoms with Gasteiger partial charge in [-0.25, -0.2) is 17.6 Å². The van der Waals surface area contributed by atoms with Gasteiger partial charge in [0.25, 0.3) is 23.5 Å². The molecule has 35 heavy (non-hydrogen) atoms. The van der Waals surface area contributed by atoms with Crippen LogP contribution in [0.5, 0.6) is 0 Å². The van der Waals surface area contributed by atoms with E-state index in [4.69, 9.17) is 0 Å². The van der Waals surface area contributed by atoms with Crippen molar-refractivity contribution in [3.63, 3.8) is 0 Å². The highest BCUT2D eigenvalue weighted by Crippen LogP contribution is 2.45. The van der Waals surface area contributed by atoms with Gasteiger partial charge < -0.3 is 20.3 Å². The molecule has 1 aromatic heterocycles. The monoisotopic (exact) mass is 497 g/mol. The Bertz CT molecular complexity index is 1170. The molecule has 0 saturated heterocycles. The van der Waals surface area contributed by atoms with Crippen LogP contribution in [0.4, 0.5) is 23.2 Å². The number of ketones is 1. The second-order valence-electron chi connectivity index (χ2n) is 8.56. The van der Waals surface area contributed by atoms with Crippen LogP contribution in [0.2, 0.25) is 0 Å². The second-order valence-corrected chi connectivity index (χ2v) is 8.56. The molecular formula is C24H27F4N3O4. The minimum absolute atomic E-state index is 0.000361. The van der Waals surface area contributed by atoms with E-state index in [0.717, 1.165) is 12.1 Å². The summed E-state index contributed by atoms with van der Waals surface area (Å²) in [4.78, 5) is 38.5. The Kier molecular flexibility index (Phi) is 7.39. The number of carbonyl (C=O) groups excluding carboxylic acids is 3. The molecule has 2 amide bonds. The normalized spacial score (nSPS) is 16.9. The highest BCUT2D eigenvalue weighted by atomic mass is 19.3. The van der Waals surface area contributed by atoms with Crippen molar-refractivity contribution < 1.29 is 37.1 Å². The number of nitrogens with zero attached hydrogens (tertiary/aromatic N) is 1. The van der Waals surface area contributed by atoms with E-state index < -0.39 is 60.1 Å². The molecule has 4 rings (SSSR count). The van der Waals surface area contributed by atoms with E-state index >= 15 is 0 Å². The molecule has 2 heterocycles. The number of hydrogen-bond acceptors (Lipinski definition) is 4. The number of benzene rings is 1. The van der Waals surface area contributed by atoms with E-state index in [2.05, 4.69) is 10.6 Å². The Balaban J connectivity index is 0.00000167. The maximum atomic E-state index is 13.5. The molecule has 190 valence electrons. The summed E-state index contributed by atoms with van der Waals surface area (Å²) in [6.07, 6.45) is -0.527. The third-order valence-corrected chi connectivity index (χ3v) is 6.11. The fourth-order valence-electron chi connectivity index (χ4n) is 4.67. The maximum absolute atomic E-state index is 13.5. The molecule has 1 aliphatic carbocycles. The van der Waals surface area contributed by atoms with Crippen molar-refractivity contribution in [1.29, 1.82) is 0 Å². The highest BCUT2D eigenvalue weighted by molar-refractivity contribution is 6.44. The van der Waals surface area contributed by atoms with Gasteiger partial charge in [-0.05, 0) is 37.5 Å². The average Bonchev–Trinajstić information content (AvgIpc) is 3.35. The van der Waals surface area contributed by atoms with E-state index in [-0.39, 0.29) is 22.5 Å². The predicted molar refractivity (Wildman–Crippen MR) is 120 cm³/mol. The molecule has 3 N–H and O–H groups in total. The van der Waals surface area contributed by atoms with E-state index in [0.29, 0.717) is 25.1 Å². The summed E-state index contributed by atoms with van der Waals surface area (Å²) in [6, 6.07) is 2.86. The molecule has 11 heteroatoms. The Labute approximate surface area is 199 Å². The molecule has 0 unspecified atom stereocenters. The number of aliphatic hydroxyl groups excluding tert-OH is 1. The smallest absolute Gasteiger partial charge is 0.292 e. The summed E-state index contributed by atoms with van der Waals surface area (Å²) < 4.78 is 54.9. The van der Waals surface area contributed by atoms with Gasteiger partial charge in [0.05, 0.1) is 17.7 Å². The van der Waals surface area contributed by atoms with Crippen LogP contribution in [-0.2, 0) is 17.8 Å². The van der Waals surface area contributed by atoms with Crippen LogP contribution in [0.25, 0.3) is 0 Å². The third-order valence-electron chi connectivity index (χ3n) is 6.11. The SMILES string of the molecule is CC.Cc1c(C(=O)C(=O)NC2(CO)CC(F)(F)C2)c2n(c1C(=O)Nc1ccc(F)c(F)c1)CCC2. The van der Waals surface area contributed by atoms with Crippen molar-refractivity contribution >= 4 is 23.3 Å². The van der Waals surface area contributed by atoms with Crippen molar-refractivity contribution in [3.05, 3.63) is 52.3 Å². The van der Waals surface area contributed by atoms with Crippen LogP contribution in [0, 0.1) is 18.6 Å². The number of alkyl halides is 2. The van der Waals surface area contributed by atoms with E-state index in [1.54, 1.807) is 4.57 Å². The first kappa shape index (κ1) is 26.4. The number of aromatic nitrogens is 1. The minimum atomic E-state index is -3.03. The lowest BCUT2D eigenvalue weighted by atomic mass is 9.73. The summed E-state index contributed by atoms with van der Waals surface area (Å²) >= 11 is 0. The van der Waals surface area contributed by atoms with Gasteiger partial charge in [-0.3, -0.25) is 14.4 Å². The predicted octanol–water partition coefficient (Wildman–Crippen LogP) is 3.76. The van der Waals surface area contributed by atoms with Crippen LogP contribution in [0.1, 0.15) is 65.2 Å². The number of aliphatic hydroxyl groups is 1. The van der Waals surface area contributed by atoms with Crippen molar-refractivity contribution in [2.24, 2.45) is 0 Å². The lowest BCUT2D eigenvalue weighted by molar-refractivity contribution is -0.154. The number of hydrogen-bond donors (Lipinski definition) is 3. The molecule has 0 spiro atoms. The number of nitrogens with one attached hydrogen (secondary N) is 2. The third kappa shape index (κ3) is 4.95. The molecule has 0 atom stereocenters. The number of halogens is 4. The number of amides is 2. The van der Waals surface area contributed by atoms with Gasteiger partial charge in [-0.1, -0.05) is 13.8 Å². The van der Waals surface area contributed by atoms with Gasteiger partial charge in [0.1, 0.15) is 5.69 Å². The largest absolute Gasteiger partial charge is 0.394 e. The Hall–Kier alpha value is -3.21. The number of anilines is 1. The summed E-state index contributed by atoms with van der Waals surface area (Å²) in [5, 5.41) is 14.2. The molecule has 2 aromatic rings. The van der Waals surface area contributed by atoms with Crippen molar-refractivity contribution in [3.8, 4) is 0 Å². The van der Waals surface area contributed by atoms with Gasteiger partial charge in [-0.2, -0.15) is 0 Å². The van der Waals surface area contributed by atoms with Crippen molar-refractivity contribution in [2.75, 3.05) is 11.9 Å². The maximum Gasteiger partial charge on any atom is 0.292 e. The first-order valence-corrected chi connectivity index (χ1v) is 11.3. The second kappa shape index (κ2) is 9.80. The Morgan fingerprint density at radius 2 is 1.77 bits per heavy atom. The molecule has 0 radical (unpaired) electrons. The Morgan fingerprint density at radius 3 is 2.34 bits per heavy atom. The fraction of sp³-hybridized carbons (Fsp3) is 0.458. The summed E-state index contributed by atoms with van der Waals surface area (Å²) in [6.45, 7) is 5.14. The molecule has 1 aliphatic heterocycles. The van der Waals surface area contributed by atoms with Crippen LogP contribution in [0.15, 0.2) is 18.2 Å². The lowest BCUT2D eigenvalue weighted by Crippen LogP contribution is -2.65. The lowest BCUT2D eigenvalue weighted by Gasteiger charge is -2.46. The van der Waals surface area contributed by atoms with Crippen molar-refractivity contribution in [2.45, 2.75) is 64.5 Å². The van der Waals surface area contributed by atoms with Crippen molar-refractivity contribution in [1.82, 2.24) is 9.88 Å². The van der Waals surface area contributed by atoms with Gasteiger partial charge in [0, 0.05) is 36.8 Å². The van der Waals surface area contributed by atoms with Crippen LogP contribution in [0.3, 0.4) is 0 Å². The number of carbonyl (C=O) groups is 3. The molecule has 1 saturated carbocycles. The van der Waals surface area contributed by atoms with E-state index in [1.165, 1.54) is 13.0 Å². The minimum Gasteiger partial charge on any atom is -0.394 e. The first-order valence-electron chi connectivity index (χ1n) is 11.3. The van der Waals surface area contributed by atoms with Crippen LogP contribution >= 0.6 is 0 Å². The quantitative estimate of drug-likeness (QED) is 0.322.